The van der Waals surface area contributed by atoms with E-state index in [2.05, 4.69) is 5.32 Å². The first-order chi connectivity index (χ1) is 16.2. The fourth-order valence-corrected chi connectivity index (χ4v) is 4.78. The zero-order chi connectivity index (χ0) is 25.1. The summed E-state index contributed by atoms with van der Waals surface area (Å²) in [5.41, 5.74) is 1.59. The summed E-state index contributed by atoms with van der Waals surface area (Å²) >= 11 is 0. The highest BCUT2D eigenvalue weighted by atomic mass is 32.2. The van der Waals surface area contributed by atoms with Gasteiger partial charge in [0.15, 0.2) is 0 Å². The lowest BCUT2D eigenvalue weighted by Gasteiger charge is -2.30. The molecule has 0 aliphatic carbocycles. The van der Waals surface area contributed by atoms with E-state index in [0.717, 1.165) is 11.8 Å². The number of amides is 2. The van der Waals surface area contributed by atoms with Crippen molar-refractivity contribution in [3.63, 3.8) is 0 Å². The summed E-state index contributed by atoms with van der Waals surface area (Å²) in [5.74, 6) is 0.246. The standard InChI is InChI=1S/C25H35N3O5S/c1-5-23(25(30)26-2)27(19-17-20-10-7-6-8-11-20)24(29)12-9-18-28(34(4,31)32)21-13-15-22(33-3)16-14-21/h6-8,10-11,13-16,23H,5,9,12,17-19H2,1-4H3,(H,26,30)/t23-/m0/s1. The van der Waals surface area contributed by atoms with Crippen LogP contribution >= 0.6 is 0 Å². The van der Waals surface area contributed by atoms with Crippen molar-refractivity contribution in [2.24, 2.45) is 0 Å². The number of carbonyl (C=O) groups excluding carboxylic acids is 2. The van der Waals surface area contributed by atoms with E-state index in [0.29, 0.717) is 37.2 Å². The molecule has 2 amide bonds. The quantitative estimate of drug-likeness (QED) is 0.467. The van der Waals surface area contributed by atoms with Gasteiger partial charge in [-0.15, -0.1) is 0 Å². The zero-order valence-corrected chi connectivity index (χ0v) is 21.2. The molecule has 1 atom stereocenters. The lowest BCUT2D eigenvalue weighted by Crippen LogP contribution is -2.49. The average Bonchev–Trinajstić information content (AvgIpc) is 2.83. The Balaban J connectivity index is 2.11. The third-order valence-electron chi connectivity index (χ3n) is 5.63. The number of carbonyl (C=O) groups is 2. The maximum atomic E-state index is 13.2. The maximum absolute atomic E-state index is 13.2. The molecule has 34 heavy (non-hydrogen) atoms. The van der Waals surface area contributed by atoms with Gasteiger partial charge in [-0.05, 0) is 49.1 Å². The molecule has 2 aromatic rings. The molecule has 0 aromatic heterocycles. The summed E-state index contributed by atoms with van der Waals surface area (Å²) in [4.78, 5) is 27.3. The van der Waals surface area contributed by atoms with Gasteiger partial charge in [-0.3, -0.25) is 13.9 Å². The molecule has 0 spiro atoms. The monoisotopic (exact) mass is 489 g/mol. The highest BCUT2D eigenvalue weighted by molar-refractivity contribution is 7.92. The van der Waals surface area contributed by atoms with Gasteiger partial charge in [0.2, 0.25) is 21.8 Å². The first kappa shape index (κ1) is 27.2. The van der Waals surface area contributed by atoms with Crippen LogP contribution in [0.4, 0.5) is 5.69 Å². The third kappa shape index (κ3) is 7.76. The smallest absolute Gasteiger partial charge is 0.242 e. The third-order valence-corrected chi connectivity index (χ3v) is 6.82. The van der Waals surface area contributed by atoms with Crippen molar-refractivity contribution >= 4 is 27.5 Å². The van der Waals surface area contributed by atoms with E-state index < -0.39 is 16.1 Å². The Hall–Kier alpha value is -3.07. The van der Waals surface area contributed by atoms with Gasteiger partial charge in [0.25, 0.3) is 0 Å². The van der Waals surface area contributed by atoms with E-state index in [4.69, 9.17) is 4.74 Å². The van der Waals surface area contributed by atoms with Gasteiger partial charge in [0, 0.05) is 26.6 Å². The molecule has 186 valence electrons. The molecular weight excluding hydrogens is 454 g/mol. The zero-order valence-electron chi connectivity index (χ0n) is 20.4. The fourth-order valence-electron chi connectivity index (χ4n) is 3.81. The molecule has 8 nitrogen and oxygen atoms in total. The lowest BCUT2D eigenvalue weighted by atomic mass is 10.1. The summed E-state index contributed by atoms with van der Waals surface area (Å²) in [6.07, 6.45) is 2.71. The molecule has 9 heteroatoms. The normalized spacial score (nSPS) is 12.0. The molecule has 2 aromatic carbocycles. The van der Waals surface area contributed by atoms with Crippen LogP contribution in [0.1, 0.15) is 31.7 Å². The van der Waals surface area contributed by atoms with Crippen LogP contribution in [0.5, 0.6) is 5.75 Å². The van der Waals surface area contributed by atoms with E-state index in [1.54, 1.807) is 43.3 Å². The predicted molar refractivity (Wildman–Crippen MR) is 134 cm³/mol. The summed E-state index contributed by atoms with van der Waals surface area (Å²) in [5, 5.41) is 2.64. The Bertz CT molecular complexity index is 1030. The van der Waals surface area contributed by atoms with E-state index >= 15 is 0 Å². The number of ether oxygens (including phenoxy) is 1. The Kier molecular flexibility index (Phi) is 10.4. The van der Waals surface area contributed by atoms with E-state index in [1.165, 1.54) is 4.31 Å². The Morgan fingerprint density at radius 1 is 1.03 bits per heavy atom. The highest BCUT2D eigenvalue weighted by Gasteiger charge is 2.27. The van der Waals surface area contributed by atoms with Crippen LogP contribution in [0.3, 0.4) is 0 Å². The molecule has 2 rings (SSSR count). The number of hydrogen-bond donors (Lipinski definition) is 1. The second-order valence-corrected chi connectivity index (χ2v) is 9.90. The van der Waals surface area contributed by atoms with Gasteiger partial charge >= 0.3 is 0 Å². The summed E-state index contributed by atoms with van der Waals surface area (Å²) < 4.78 is 31.2. The Morgan fingerprint density at radius 2 is 1.68 bits per heavy atom. The first-order valence-corrected chi connectivity index (χ1v) is 13.2. The molecule has 0 aliphatic rings. The Labute approximate surface area is 202 Å². The van der Waals surface area contributed by atoms with Gasteiger partial charge < -0.3 is 15.0 Å². The van der Waals surface area contributed by atoms with Gasteiger partial charge in [0.1, 0.15) is 11.8 Å². The summed E-state index contributed by atoms with van der Waals surface area (Å²) in [6.45, 7) is 2.43. The minimum absolute atomic E-state index is 0.129. The van der Waals surface area contributed by atoms with Crippen molar-refractivity contribution in [3.05, 3.63) is 60.2 Å². The highest BCUT2D eigenvalue weighted by Crippen LogP contribution is 2.22. The van der Waals surface area contributed by atoms with Crippen LogP contribution < -0.4 is 14.4 Å². The number of sulfonamides is 1. The molecule has 0 bridgehead atoms. The number of anilines is 1. The minimum atomic E-state index is -3.54. The Morgan fingerprint density at radius 3 is 2.21 bits per heavy atom. The number of nitrogens with zero attached hydrogens (tertiary/aromatic N) is 2. The molecular formula is C25H35N3O5S. The minimum Gasteiger partial charge on any atom is -0.497 e. The topological polar surface area (TPSA) is 96.0 Å². The number of rotatable bonds is 13. The van der Waals surface area contributed by atoms with E-state index in [1.807, 2.05) is 37.3 Å². The van der Waals surface area contributed by atoms with Crippen LogP contribution in [0, 0.1) is 0 Å². The van der Waals surface area contributed by atoms with Crippen LogP contribution in [0.15, 0.2) is 54.6 Å². The van der Waals surface area contributed by atoms with E-state index in [-0.39, 0.29) is 24.8 Å². The number of benzene rings is 2. The maximum Gasteiger partial charge on any atom is 0.242 e. The SMILES string of the molecule is CC[C@@H](C(=O)NC)N(CCc1ccccc1)C(=O)CCCN(c1ccc(OC)cc1)S(C)(=O)=O. The van der Waals surface area contributed by atoms with Gasteiger partial charge in [-0.1, -0.05) is 37.3 Å². The summed E-state index contributed by atoms with van der Waals surface area (Å²) in [7, 11) is -0.435. The van der Waals surface area contributed by atoms with Crippen molar-refractivity contribution in [2.45, 2.75) is 38.6 Å². The second kappa shape index (κ2) is 13.0. The lowest BCUT2D eigenvalue weighted by molar-refractivity contribution is -0.140. The second-order valence-electron chi connectivity index (χ2n) is 8.00. The molecule has 0 unspecified atom stereocenters. The van der Waals surface area contributed by atoms with Crippen molar-refractivity contribution < 1.29 is 22.7 Å². The van der Waals surface area contributed by atoms with Crippen molar-refractivity contribution in [2.75, 3.05) is 37.8 Å². The van der Waals surface area contributed by atoms with Gasteiger partial charge in [-0.25, -0.2) is 8.42 Å². The number of hydrogen-bond acceptors (Lipinski definition) is 5. The largest absolute Gasteiger partial charge is 0.497 e. The van der Waals surface area contributed by atoms with Crippen LogP contribution in [0.25, 0.3) is 0 Å². The molecule has 0 saturated heterocycles. The molecule has 0 radical (unpaired) electrons. The van der Waals surface area contributed by atoms with Crippen LogP contribution in [-0.2, 0) is 26.0 Å². The molecule has 0 aliphatic heterocycles. The van der Waals surface area contributed by atoms with Crippen molar-refractivity contribution in [1.82, 2.24) is 10.2 Å². The van der Waals surface area contributed by atoms with Gasteiger partial charge in [0.05, 0.1) is 19.1 Å². The predicted octanol–water partition coefficient (Wildman–Crippen LogP) is 2.84. The molecule has 1 N–H and O–H groups in total. The van der Waals surface area contributed by atoms with Gasteiger partial charge in [-0.2, -0.15) is 0 Å². The average molecular weight is 490 g/mol. The van der Waals surface area contributed by atoms with Crippen molar-refractivity contribution in [1.29, 1.82) is 0 Å². The van der Waals surface area contributed by atoms with Crippen molar-refractivity contribution in [3.8, 4) is 5.75 Å². The first-order valence-electron chi connectivity index (χ1n) is 11.4. The molecule has 0 saturated carbocycles. The molecule has 0 heterocycles. The summed E-state index contributed by atoms with van der Waals surface area (Å²) in [6, 6.07) is 15.9. The van der Waals surface area contributed by atoms with Crippen LogP contribution in [-0.4, -0.2) is 64.7 Å². The van der Waals surface area contributed by atoms with E-state index in [9.17, 15) is 18.0 Å². The number of methoxy groups -OCH3 is 1. The number of nitrogens with one attached hydrogen (secondary N) is 1. The molecule has 0 fully saturated rings. The fraction of sp³-hybridized carbons (Fsp3) is 0.440. The number of likely N-dealkylation sites (N-methyl/N-ethyl adjacent to an activating group) is 1. The van der Waals surface area contributed by atoms with Crippen LogP contribution in [0.2, 0.25) is 0 Å².